The first kappa shape index (κ1) is 13.4. The van der Waals surface area contributed by atoms with Crippen LogP contribution in [-0.2, 0) is 6.42 Å². The van der Waals surface area contributed by atoms with E-state index in [9.17, 15) is 0 Å². The van der Waals surface area contributed by atoms with E-state index in [1.807, 2.05) is 0 Å². The van der Waals surface area contributed by atoms with Crippen LogP contribution in [0.5, 0.6) is 0 Å². The van der Waals surface area contributed by atoms with Gasteiger partial charge in [0.1, 0.15) is 0 Å². The molecule has 0 amide bonds. The standard InChI is InChI=1S/C16H26N2/c1-4-14-7-5-6-12(2)16(14)18-13(3)15-8-10-17-11-9-15/h5-7,13,15,17-18H,4,8-11H2,1-3H3. The predicted molar refractivity (Wildman–Crippen MR) is 79.2 cm³/mol. The molecule has 0 spiro atoms. The maximum atomic E-state index is 3.77. The van der Waals surface area contributed by atoms with Crippen molar-refractivity contribution in [3.05, 3.63) is 29.3 Å². The van der Waals surface area contributed by atoms with Crippen LogP contribution in [0, 0.1) is 12.8 Å². The molecule has 2 N–H and O–H groups in total. The first-order valence-electron chi connectivity index (χ1n) is 7.28. The van der Waals surface area contributed by atoms with Crippen molar-refractivity contribution in [3.63, 3.8) is 0 Å². The molecule has 0 radical (unpaired) electrons. The van der Waals surface area contributed by atoms with Gasteiger partial charge in [-0.25, -0.2) is 0 Å². The maximum absolute atomic E-state index is 3.77. The number of nitrogens with one attached hydrogen (secondary N) is 2. The van der Waals surface area contributed by atoms with Crippen LogP contribution in [0.15, 0.2) is 18.2 Å². The SMILES string of the molecule is CCc1cccc(C)c1NC(C)C1CCNCC1. The Labute approximate surface area is 111 Å². The Bertz CT molecular complexity index is 381. The molecule has 1 aliphatic heterocycles. The van der Waals surface area contributed by atoms with E-state index < -0.39 is 0 Å². The van der Waals surface area contributed by atoms with Crippen molar-refractivity contribution in [2.45, 2.75) is 46.1 Å². The number of para-hydroxylation sites is 1. The van der Waals surface area contributed by atoms with E-state index in [4.69, 9.17) is 0 Å². The lowest BCUT2D eigenvalue weighted by Gasteiger charge is -2.30. The van der Waals surface area contributed by atoms with E-state index in [-0.39, 0.29) is 0 Å². The molecule has 2 heteroatoms. The van der Waals surface area contributed by atoms with Crippen LogP contribution >= 0.6 is 0 Å². The van der Waals surface area contributed by atoms with E-state index in [1.54, 1.807) is 0 Å². The zero-order valence-electron chi connectivity index (χ0n) is 11.9. The summed E-state index contributed by atoms with van der Waals surface area (Å²) in [6, 6.07) is 7.17. The van der Waals surface area contributed by atoms with Gasteiger partial charge in [0.2, 0.25) is 0 Å². The molecule has 100 valence electrons. The Morgan fingerprint density at radius 1 is 1.33 bits per heavy atom. The lowest BCUT2D eigenvalue weighted by atomic mass is 9.90. The van der Waals surface area contributed by atoms with Gasteiger partial charge in [0.15, 0.2) is 0 Å². The number of rotatable bonds is 4. The van der Waals surface area contributed by atoms with Gasteiger partial charge < -0.3 is 10.6 Å². The predicted octanol–water partition coefficient (Wildman–Crippen LogP) is 3.36. The number of piperidine rings is 1. The average Bonchev–Trinajstić information content (AvgIpc) is 2.42. The Balaban J connectivity index is 2.08. The fourth-order valence-electron chi connectivity index (χ4n) is 2.92. The molecule has 1 aliphatic rings. The number of benzene rings is 1. The van der Waals surface area contributed by atoms with Crippen molar-refractivity contribution in [2.24, 2.45) is 5.92 Å². The molecule has 0 saturated carbocycles. The van der Waals surface area contributed by atoms with Gasteiger partial charge in [0, 0.05) is 11.7 Å². The third-order valence-electron chi connectivity index (χ3n) is 4.20. The minimum Gasteiger partial charge on any atom is -0.382 e. The second-order valence-corrected chi connectivity index (χ2v) is 5.48. The van der Waals surface area contributed by atoms with Crippen molar-refractivity contribution in [1.29, 1.82) is 0 Å². The van der Waals surface area contributed by atoms with Gasteiger partial charge in [-0.15, -0.1) is 0 Å². The third kappa shape index (κ3) is 3.05. The van der Waals surface area contributed by atoms with Gasteiger partial charge >= 0.3 is 0 Å². The van der Waals surface area contributed by atoms with Gasteiger partial charge in [-0.1, -0.05) is 25.1 Å². The largest absolute Gasteiger partial charge is 0.382 e. The fraction of sp³-hybridized carbons (Fsp3) is 0.625. The minimum absolute atomic E-state index is 0.568. The molecule has 18 heavy (non-hydrogen) atoms. The van der Waals surface area contributed by atoms with E-state index in [0.717, 1.165) is 12.3 Å². The van der Waals surface area contributed by atoms with Gasteiger partial charge in [-0.3, -0.25) is 0 Å². The second-order valence-electron chi connectivity index (χ2n) is 5.48. The third-order valence-corrected chi connectivity index (χ3v) is 4.20. The lowest BCUT2D eigenvalue weighted by molar-refractivity contribution is 0.343. The van der Waals surface area contributed by atoms with Crippen LogP contribution in [0.4, 0.5) is 5.69 Å². The second kappa shape index (κ2) is 6.24. The van der Waals surface area contributed by atoms with Crippen LogP contribution in [0.3, 0.4) is 0 Å². The van der Waals surface area contributed by atoms with Crippen LogP contribution < -0.4 is 10.6 Å². The van der Waals surface area contributed by atoms with Gasteiger partial charge in [-0.05, 0) is 63.2 Å². The van der Waals surface area contributed by atoms with E-state index in [0.29, 0.717) is 6.04 Å². The molecule has 1 unspecified atom stereocenters. The fourth-order valence-corrected chi connectivity index (χ4v) is 2.92. The minimum atomic E-state index is 0.568. The molecule has 2 nitrogen and oxygen atoms in total. The zero-order chi connectivity index (χ0) is 13.0. The number of hydrogen-bond acceptors (Lipinski definition) is 2. The van der Waals surface area contributed by atoms with Gasteiger partial charge in [-0.2, -0.15) is 0 Å². The Morgan fingerprint density at radius 2 is 2.06 bits per heavy atom. The summed E-state index contributed by atoms with van der Waals surface area (Å²) < 4.78 is 0. The van der Waals surface area contributed by atoms with Crippen LogP contribution in [0.2, 0.25) is 0 Å². The molecular weight excluding hydrogens is 220 g/mol. The van der Waals surface area contributed by atoms with E-state index in [2.05, 4.69) is 49.6 Å². The highest BCUT2D eigenvalue weighted by Gasteiger charge is 2.20. The molecule has 0 aromatic heterocycles. The summed E-state index contributed by atoms with van der Waals surface area (Å²) in [7, 11) is 0. The average molecular weight is 246 g/mol. The molecular formula is C16H26N2. The van der Waals surface area contributed by atoms with Gasteiger partial charge in [0.25, 0.3) is 0 Å². The molecule has 1 heterocycles. The van der Waals surface area contributed by atoms with Crippen molar-refractivity contribution < 1.29 is 0 Å². The number of anilines is 1. The highest BCUT2D eigenvalue weighted by Crippen LogP contribution is 2.25. The van der Waals surface area contributed by atoms with E-state index >= 15 is 0 Å². The summed E-state index contributed by atoms with van der Waals surface area (Å²) in [5, 5.41) is 7.21. The summed E-state index contributed by atoms with van der Waals surface area (Å²) in [5.74, 6) is 0.801. The normalized spacial score (nSPS) is 18.6. The van der Waals surface area contributed by atoms with Crippen molar-refractivity contribution in [3.8, 4) is 0 Å². The molecule has 1 atom stereocenters. The first-order valence-corrected chi connectivity index (χ1v) is 7.28. The molecule has 1 aromatic carbocycles. The Morgan fingerprint density at radius 3 is 2.72 bits per heavy atom. The summed E-state index contributed by atoms with van der Waals surface area (Å²) in [6.45, 7) is 9.11. The highest BCUT2D eigenvalue weighted by molar-refractivity contribution is 5.57. The molecule has 0 bridgehead atoms. The van der Waals surface area contributed by atoms with Gasteiger partial charge in [0.05, 0.1) is 0 Å². The number of hydrogen-bond donors (Lipinski definition) is 2. The summed E-state index contributed by atoms with van der Waals surface area (Å²) in [4.78, 5) is 0. The van der Waals surface area contributed by atoms with Crippen LogP contribution in [-0.4, -0.2) is 19.1 Å². The Kier molecular flexibility index (Phi) is 4.65. The number of aryl methyl sites for hydroxylation is 2. The zero-order valence-corrected chi connectivity index (χ0v) is 11.9. The maximum Gasteiger partial charge on any atom is 0.0404 e. The lowest BCUT2D eigenvalue weighted by Crippen LogP contribution is -2.36. The molecule has 1 aromatic rings. The topological polar surface area (TPSA) is 24.1 Å². The highest BCUT2D eigenvalue weighted by atomic mass is 14.9. The summed E-state index contributed by atoms with van der Waals surface area (Å²) in [5.41, 5.74) is 4.18. The smallest absolute Gasteiger partial charge is 0.0404 e. The summed E-state index contributed by atoms with van der Waals surface area (Å²) in [6.07, 6.45) is 3.69. The van der Waals surface area contributed by atoms with Crippen molar-refractivity contribution in [1.82, 2.24) is 5.32 Å². The van der Waals surface area contributed by atoms with Crippen molar-refractivity contribution >= 4 is 5.69 Å². The Hall–Kier alpha value is -1.02. The van der Waals surface area contributed by atoms with E-state index in [1.165, 1.54) is 42.7 Å². The molecule has 1 saturated heterocycles. The molecule has 1 fully saturated rings. The molecule has 0 aliphatic carbocycles. The van der Waals surface area contributed by atoms with Crippen LogP contribution in [0.1, 0.15) is 37.8 Å². The molecule has 2 rings (SSSR count). The first-order chi connectivity index (χ1) is 8.72. The van der Waals surface area contributed by atoms with Crippen LogP contribution in [0.25, 0.3) is 0 Å². The quantitative estimate of drug-likeness (QED) is 0.851. The van der Waals surface area contributed by atoms with Crippen molar-refractivity contribution in [2.75, 3.05) is 18.4 Å². The monoisotopic (exact) mass is 246 g/mol. The summed E-state index contributed by atoms with van der Waals surface area (Å²) >= 11 is 0.